The number of aliphatic imine (C=N–C) groups is 1. The number of ether oxygens (including phenoxy) is 1. The Bertz CT molecular complexity index is 482. The summed E-state index contributed by atoms with van der Waals surface area (Å²) >= 11 is 0. The van der Waals surface area contributed by atoms with Crippen LogP contribution in [-0.2, 0) is 16.5 Å². The Hall–Kier alpha value is -1.53. The van der Waals surface area contributed by atoms with Crippen molar-refractivity contribution >= 4 is 5.90 Å². The van der Waals surface area contributed by atoms with Crippen LogP contribution in [0.15, 0.2) is 15.8 Å². The highest BCUT2D eigenvalue weighted by molar-refractivity contribution is 5.76. The zero-order valence-electron chi connectivity index (χ0n) is 10.8. The van der Waals surface area contributed by atoms with Crippen LogP contribution in [-0.4, -0.2) is 18.2 Å². The second-order valence-corrected chi connectivity index (χ2v) is 4.77. The van der Waals surface area contributed by atoms with E-state index in [9.17, 15) is 13.2 Å². The second kappa shape index (κ2) is 4.86. The van der Waals surface area contributed by atoms with Crippen LogP contribution in [0.3, 0.4) is 0 Å². The third-order valence-corrected chi connectivity index (χ3v) is 3.33. The monoisotopic (exact) mass is 276 g/mol. The summed E-state index contributed by atoms with van der Waals surface area (Å²) in [6.45, 7) is 1.65. The lowest BCUT2D eigenvalue weighted by molar-refractivity contribution is -0.143. The van der Waals surface area contributed by atoms with Gasteiger partial charge in [0.05, 0.1) is 18.2 Å². The van der Waals surface area contributed by atoms with Gasteiger partial charge in [-0.05, 0) is 19.8 Å². The second-order valence-electron chi connectivity index (χ2n) is 4.77. The predicted molar refractivity (Wildman–Crippen MR) is 61.8 cm³/mol. The molecule has 2 rings (SSSR count). The number of halogens is 3. The van der Waals surface area contributed by atoms with E-state index < -0.39 is 17.4 Å². The van der Waals surface area contributed by atoms with Gasteiger partial charge in [-0.3, -0.25) is 0 Å². The van der Waals surface area contributed by atoms with E-state index in [4.69, 9.17) is 4.74 Å². The first kappa shape index (κ1) is 13.9. The lowest BCUT2D eigenvalue weighted by Gasteiger charge is -2.24. The fourth-order valence-corrected chi connectivity index (χ4v) is 2.30. The third-order valence-electron chi connectivity index (χ3n) is 3.33. The summed E-state index contributed by atoms with van der Waals surface area (Å²) in [5, 5.41) is 3.08. The van der Waals surface area contributed by atoms with Crippen LogP contribution in [0.4, 0.5) is 13.2 Å². The van der Waals surface area contributed by atoms with Crippen molar-refractivity contribution in [3.8, 4) is 0 Å². The van der Waals surface area contributed by atoms with Crippen LogP contribution in [0.2, 0.25) is 0 Å². The van der Waals surface area contributed by atoms with E-state index in [0.29, 0.717) is 18.7 Å². The topological polar surface area (TPSA) is 47.6 Å². The van der Waals surface area contributed by atoms with Gasteiger partial charge in [-0.1, -0.05) is 11.6 Å². The molecule has 0 bridgehead atoms. The summed E-state index contributed by atoms with van der Waals surface area (Å²) in [5.41, 5.74) is -2.04. The average molecular weight is 276 g/mol. The van der Waals surface area contributed by atoms with E-state index in [0.717, 1.165) is 19.1 Å². The van der Waals surface area contributed by atoms with Gasteiger partial charge in [0.1, 0.15) is 6.26 Å². The number of aromatic nitrogens is 1. The Labute approximate surface area is 108 Å². The third kappa shape index (κ3) is 2.74. The lowest BCUT2D eigenvalue weighted by atomic mass is 9.88. The molecule has 0 N–H and O–H groups in total. The smallest absolute Gasteiger partial charge is 0.437 e. The van der Waals surface area contributed by atoms with Crippen LogP contribution >= 0.6 is 0 Å². The van der Waals surface area contributed by atoms with Crippen molar-refractivity contribution in [3.63, 3.8) is 0 Å². The summed E-state index contributed by atoms with van der Waals surface area (Å²) in [6, 6.07) is 0. The zero-order valence-corrected chi connectivity index (χ0v) is 10.8. The fourth-order valence-electron chi connectivity index (χ4n) is 2.30. The van der Waals surface area contributed by atoms with Crippen molar-refractivity contribution in [3.05, 3.63) is 17.5 Å². The van der Waals surface area contributed by atoms with Crippen molar-refractivity contribution in [2.24, 2.45) is 4.99 Å². The van der Waals surface area contributed by atoms with Gasteiger partial charge in [-0.15, -0.1) is 0 Å². The SMILES string of the molecule is COC1=NC(C)(c2conc2C(F)(F)F)CCCC1. The lowest BCUT2D eigenvalue weighted by Crippen LogP contribution is -2.24. The fraction of sp³-hybridized carbons (Fsp3) is 0.667. The first-order valence-corrected chi connectivity index (χ1v) is 6.01. The molecular weight excluding hydrogens is 261 g/mol. The van der Waals surface area contributed by atoms with Gasteiger partial charge in [0.15, 0.2) is 11.6 Å². The van der Waals surface area contributed by atoms with Crippen LogP contribution in [0.1, 0.15) is 43.9 Å². The molecule has 7 heteroatoms. The maximum absolute atomic E-state index is 12.9. The van der Waals surface area contributed by atoms with Gasteiger partial charge < -0.3 is 9.26 Å². The van der Waals surface area contributed by atoms with Crippen LogP contribution < -0.4 is 0 Å². The number of methoxy groups -OCH3 is 1. The molecule has 0 fully saturated rings. The summed E-state index contributed by atoms with van der Waals surface area (Å²) in [5.74, 6) is 0.467. The number of hydrogen-bond acceptors (Lipinski definition) is 4. The van der Waals surface area contributed by atoms with Crippen molar-refractivity contribution in [2.75, 3.05) is 7.11 Å². The minimum absolute atomic E-state index is 0.0311. The van der Waals surface area contributed by atoms with Gasteiger partial charge in [-0.2, -0.15) is 13.2 Å². The van der Waals surface area contributed by atoms with Crippen molar-refractivity contribution < 1.29 is 22.4 Å². The van der Waals surface area contributed by atoms with Gasteiger partial charge in [0.25, 0.3) is 0 Å². The molecule has 1 aliphatic rings. The normalized spacial score (nSPS) is 24.8. The van der Waals surface area contributed by atoms with E-state index in [1.165, 1.54) is 7.11 Å². The minimum atomic E-state index is -4.54. The van der Waals surface area contributed by atoms with Gasteiger partial charge in [-0.25, -0.2) is 4.99 Å². The molecule has 1 aliphatic heterocycles. The Balaban J connectivity index is 2.46. The highest BCUT2D eigenvalue weighted by Gasteiger charge is 2.44. The average Bonchev–Trinajstić information content (AvgIpc) is 2.75. The van der Waals surface area contributed by atoms with E-state index >= 15 is 0 Å². The van der Waals surface area contributed by atoms with Crippen molar-refractivity contribution in [1.82, 2.24) is 5.16 Å². The molecule has 1 aromatic rings. The highest BCUT2D eigenvalue weighted by atomic mass is 19.4. The van der Waals surface area contributed by atoms with Gasteiger partial charge >= 0.3 is 6.18 Å². The molecule has 1 unspecified atom stereocenters. The molecule has 1 aromatic heterocycles. The molecule has 0 saturated carbocycles. The molecule has 0 aromatic carbocycles. The van der Waals surface area contributed by atoms with Crippen LogP contribution in [0, 0.1) is 0 Å². The van der Waals surface area contributed by atoms with E-state index in [2.05, 4.69) is 14.7 Å². The molecule has 0 saturated heterocycles. The molecule has 0 spiro atoms. The Morgan fingerprint density at radius 2 is 2.11 bits per heavy atom. The number of hydrogen-bond donors (Lipinski definition) is 0. The van der Waals surface area contributed by atoms with E-state index in [1.54, 1.807) is 6.92 Å². The summed E-state index contributed by atoms with van der Waals surface area (Å²) in [7, 11) is 1.48. The number of rotatable bonds is 1. The molecule has 0 radical (unpaired) electrons. The Kier molecular flexibility index (Phi) is 3.56. The molecule has 4 nitrogen and oxygen atoms in total. The molecule has 2 heterocycles. The highest BCUT2D eigenvalue weighted by Crippen LogP contribution is 2.41. The first-order valence-electron chi connectivity index (χ1n) is 6.01. The number of nitrogens with zero attached hydrogens (tertiary/aromatic N) is 2. The molecule has 19 heavy (non-hydrogen) atoms. The Morgan fingerprint density at radius 1 is 1.37 bits per heavy atom. The predicted octanol–water partition coefficient (Wildman–Crippen LogP) is 3.53. The van der Waals surface area contributed by atoms with Crippen molar-refractivity contribution in [2.45, 2.75) is 44.3 Å². The standard InChI is InChI=1S/C12H15F3N2O2/c1-11(6-4-3-5-9(16-11)18-2)8-7-19-17-10(8)12(13,14)15/h7H,3-6H2,1-2H3. The first-order chi connectivity index (χ1) is 8.87. The van der Waals surface area contributed by atoms with E-state index in [-0.39, 0.29) is 5.56 Å². The van der Waals surface area contributed by atoms with E-state index in [1.807, 2.05) is 0 Å². The van der Waals surface area contributed by atoms with Gasteiger partial charge in [0.2, 0.25) is 0 Å². The molecule has 0 aliphatic carbocycles. The summed E-state index contributed by atoms with van der Waals surface area (Å²) in [4.78, 5) is 4.34. The maximum Gasteiger partial charge on any atom is 0.437 e. The largest absolute Gasteiger partial charge is 0.484 e. The molecule has 1 atom stereocenters. The van der Waals surface area contributed by atoms with Crippen LogP contribution in [0.5, 0.6) is 0 Å². The zero-order chi connectivity index (χ0) is 14.1. The number of alkyl halides is 3. The maximum atomic E-state index is 12.9. The van der Waals surface area contributed by atoms with Gasteiger partial charge in [0, 0.05) is 6.42 Å². The minimum Gasteiger partial charge on any atom is -0.484 e. The molecule has 0 amide bonds. The Morgan fingerprint density at radius 3 is 2.74 bits per heavy atom. The quantitative estimate of drug-likeness (QED) is 0.788. The van der Waals surface area contributed by atoms with Crippen molar-refractivity contribution in [1.29, 1.82) is 0 Å². The molecular formula is C12H15F3N2O2. The molecule has 106 valence electrons. The van der Waals surface area contributed by atoms with Crippen LogP contribution in [0.25, 0.3) is 0 Å². The summed E-state index contributed by atoms with van der Waals surface area (Å²) in [6.07, 6.45) is -0.752. The summed E-state index contributed by atoms with van der Waals surface area (Å²) < 4.78 is 48.3.